The number of aliphatic imine (C=N–C) groups is 1. The van der Waals surface area contributed by atoms with Crippen LogP contribution in [0.4, 0.5) is 5.69 Å². The van der Waals surface area contributed by atoms with Gasteiger partial charge in [0.05, 0.1) is 12.6 Å². The van der Waals surface area contributed by atoms with Crippen LogP contribution in [0.25, 0.3) is 0 Å². The van der Waals surface area contributed by atoms with Crippen LogP contribution in [0.15, 0.2) is 34.9 Å². The summed E-state index contributed by atoms with van der Waals surface area (Å²) in [6, 6.07) is 3.37. The molecule has 9 nitrogen and oxygen atoms in total. The second-order valence-electron chi connectivity index (χ2n) is 9.35. The SMILES string of the molecule is C=CC(=O)N1CC(NC(=O)C2=[N+](C)N=C(CN=C(N)c3cc(C(C)(C)C)c(Cl)cc3N)C2Cl)C1. The van der Waals surface area contributed by atoms with E-state index in [0.29, 0.717) is 40.8 Å². The van der Waals surface area contributed by atoms with E-state index in [1.54, 1.807) is 18.0 Å². The predicted molar refractivity (Wildman–Crippen MR) is 137 cm³/mol. The molecule has 2 amide bonds. The van der Waals surface area contributed by atoms with Crippen molar-refractivity contribution >= 4 is 58.0 Å². The molecule has 1 unspecified atom stereocenters. The van der Waals surface area contributed by atoms with Crippen molar-refractivity contribution in [2.45, 2.75) is 37.6 Å². The van der Waals surface area contributed by atoms with Gasteiger partial charge >= 0.3 is 5.91 Å². The minimum absolute atomic E-state index is 0.0963. The Hall–Kier alpha value is -2.91. The second-order valence-corrected chi connectivity index (χ2v) is 10.2. The Bertz CT molecular complexity index is 1130. The van der Waals surface area contributed by atoms with Gasteiger partial charge < -0.3 is 21.7 Å². The number of hydrogen-bond acceptors (Lipinski definition) is 5. The van der Waals surface area contributed by atoms with E-state index in [2.05, 4.69) is 22.0 Å². The van der Waals surface area contributed by atoms with Crippen molar-refractivity contribution in [1.29, 1.82) is 0 Å². The molecule has 5 N–H and O–H groups in total. The molecule has 11 heteroatoms. The molecule has 1 fully saturated rings. The zero-order valence-corrected chi connectivity index (χ0v) is 21.2. The number of halogens is 2. The molecule has 0 aliphatic carbocycles. The van der Waals surface area contributed by atoms with Gasteiger partial charge in [-0.1, -0.05) is 43.6 Å². The van der Waals surface area contributed by atoms with Gasteiger partial charge in [0.2, 0.25) is 5.91 Å². The maximum atomic E-state index is 12.8. The zero-order chi connectivity index (χ0) is 25.4. The number of nitrogens with zero attached hydrogens (tertiary/aromatic N) is 4. The minimum atomic E-state index is -0.764. The van der Waals surface area contributed by atoms with E-state index in [9.17, 15) is 9.59 Å². The minimum Gasteiger partial charge on any atom is -0.398 e. The molecule has 1 aromatic carbocycles. The second kappa shape index (κ2) is 9.76. The van der Waals surface area contributed by atoms with E-state index < -0.39 is 5.38 Å². The Balaban J connectivity index is 1.67. The third kappa shape index (κ3) is 5.26. The van der Waals surface area contributed by atoms with Crippen LogP contribution < -0.4 is 16.8 Å². The fourth-order valence-corrected chi connectivity index (χ4v) is 4.58. The number of benzene rings is 1. The monoisotopic (exact) mass is 506 g/mol. The Labute approximate surface area is 209 Å². The van der Waals surface area contributed by atoms with E-state index in [1.807, 2.05) is 26.8 Å². The van der Waals surface area contributed by atoms with Crippen LogP contribution in [0.5, 0.6) is 0 Å². The summed E-state index contributed by atoms with van der Waals surface area (Å²) in [6.45, 7) is 10.5. The highest BCUT2D eigenvalue weighted by molar-refractivity contribution is 6.57. The number of likely N-dealkylation sites (tertiary alicyclic amines) is 1. The highest BCUT2D eigenvalue weighted by Crippen LogP contribution is 2.32. The maximum absolute atomic E-state index is 12.8. The lowest BCUT2D eigenvalue weighted by Gasteiger charge is -2.38. The first-order chi connectivity index (χ1) is 15.8. The van der Waals surface area contributed by atoms with Crippen LogP contribution in [0.2, 0.25) is 5.02 Å². The Morgan fingerprint density at radius 3 is 2.62 bits per heavy atom. The predicted octanol–water partition coefficient (Wildman–Crippen LogP) is 1.50. The van der Waals surface area contributed by atoms with E-state index in [0.717, 1.165) is 5.56 Å². The smallest absolute Gasteiger partial charge is 0.316 e. The number of alkyl halides is 1. The molecule has 0 aromatic heterocycles. The maximum Gasteiger partial charge on any atom is 0.316 e. The summed E-state index contributed by atoms with van der Waals surface area (Å²) >= 11 is 12.9. The van der Waals surface area contributed by atoms with Gasteiger partial charge in [0.25, 0.3) is 5.71 Å². The molecule has 0 saturated carbocycles. The average molecular weight is 507 g/mol. The lowest BCUT2D eigenvalue weighted by Crippen LogP contribution is -2.62. The number of hydrazone groups is 1. The van der Waals surface area contributed by atoms with Gasteiger partial charge in [-0.05, 0) is 34.3 Å². The number of rotatable bonds is 6. The standard InChI is InChI=1S/C23H29Cl2N7O2/c1-6-18(33)32-10-12(11-32)29-22(34)20-19(25)17(30-31(20)5)9-28-21(27)13-7-14(23(2,3)4)15(24)8-16(13)26/h6-8,12,19H,1,9-11H2,2-5H3,(H4-,26,27,28,29,34)/p+1. The van der Waals surface area contributed by atoms with E-state index in [1.165, 1.54) is 10.8 Å². The molecule has 2 heterocycles. The van der Waals surface area contributed by atoms with Gasteiger partial charge in [-0.2, -0.15) is 0 Å². The van der Waals surface area contributed by atoms with Gasteiger partial charge in [-0.3, -0.25) is 14.6 Å². The van der Waals surface area contributed by atoms with Crippen molar-refractivity contribution in [3.8, 4) is 0 Å². The molecule has 2 aliphatic heterocycles. The third-order valence-electron chi connectivity index (χ3n) is 5.73. The number of amides is 2. The lowest BCUT2D eigenvalue weighted by molar-refractivity contribution is -0.498. The molecule has 1 aromatic rings. The third-order valence-corrected chi connectivity index (χ3v) is 6.50. The van der Waals surface area contributed by atoms with Crippen LogP contribution in [0.3, 0.4) is 0 Å². The summed E-state index contributed by atoms with van der Waals surface area (Å²) in [6.07, 6.45) is 1.25. The highest BCUT2D eigenvalue weighted by Gasteiger charge is 2.42. The van der Waals surface area contributed by atoms with Gasteiger partial charge in [0.1, 0.15) is 11.5 Å². The van der Waals surface area contributed by atoms with Gasteiger partial charge in [-0.25, -0.2) is 0 Å². The number of nitrogen functional groups attached to an aromatic ring is 1. The van der Waals surface area contributed by atoms with Crippen molar-refractivity contribution in [3.63, 3.8) is 0 Å². The van der Waals surface area contributed by atoms with Crippen molar-refractivity contribution < 1.29 is 14.3 Å². The van der Waals surface area contributed by atoms with Crippen molar-refractivity contribution in [1.82, 2.24) is 10.2 Å². The Morgan fingerprint density at radius 2 is 2.03 bits per heavy atom. The molecular weight excluding hydrogens is 477 g/mol. The molecule has 1 atom stereocenters. The molecule has 3 rings (SSSR count). The molecule has 0 radical (unpaired) electrons. The Morgan fingerprint density at radius 1 is 1.38 bits per heavy atom. The first-order valence-corrected chi connectivity index (χ1v) is 11.6. The topological polar surface area (TPSA) is 129 Å². The van der Waals surface area contributed by atoms with E-state index in [-0.39, 0.29) is 35.7 Å². The largest absolute Gasteiger partial charge is 0.398 e. The number of carbonyl (C=O) groups excluding carboxylic acids is 2. The molecule has 34 heavy (non-hydrogen) atoms. The van der Waals surface area contributed by atoms with E-state index in [4.69, 9.17) is 34.7 Å². The van der Waals surface area contributed by atoms with Gasteiger partial charge in [0.15, 0.2) is 12.4 Å². The fraction of sp³-hybridized carbons (Fsp3) is 0.435. The van der Waals surface area contributed by atoms with Crippen LogP contribution in [0, 0.1) is 0 Å². The van der Waals surface area contributed by atoms with Gasteiger partial charge in [0, 0.05) is 29.4 Å². The summed E-state index contributed by atoms with van der Waals surface area (Å²) < 4.78 is 1.44. The highest BCUT2D eigenvalue weighted by atomic mass is 35.5. The molecule has 182 valence electrons. The summed E-state index contributed by atoms with van der Waals surface area (Å²) in [7, 11) is 1.64. The Kier molecular flexibility index (Phi) is 7.38. The fourth-order valence-electron chi connectivity index (χ4n) is 3.77. The number of hydrogen-bond donors (Lipinski definition) is 3. The molecule has 2 aliphatic rings. The summed E-state index contributed by atoms with van der Waals surface area (Å²) in [5.41, 5.74) is 14.9. The van der Waals surface area contributed by atoms with Crippen LogP contribution in [0.1, 0.15) is 31.9 Å². The summed E-state index contributed by atoms with van der Waals surface area (Å²) in [4.78, 5) is 30.4. The van der Waals surface area contributed by atoms with Crippen LogP contribution >= 0.6 is 23.2 Å². The van der Waals surface area contributed by atoms with Crippen molar-refractivity contribution in [3.05, 3.63) is 40.9 Å². The first kappa shape index (κ1) is 25.7. The number of nitrogens with one attached hydrogen (secondary N) is 1. The molecule has 0 bridgehead atoms. The number of anilines is 1. The molecule has 0 spiro atoms. The lowest BCUT2D eigenvalue weighted by atomic mass is 9.85. The number of nitrogens with two attached hydrogens (primary N) is 2. The van der Waals surface area contributed by atoms with Crippen LogP contribution in [-0.2, 0) is 15.0 Å². The normalized spacial score (nSPS) is 19.1. The number of amidine groups is 1. The molecule has 1 saturated heterocycles. The average Bonchev–Trinajstić information content (AvgIpc) is 3.00. The van der Waals surface area contributed by atoms with Crippen molar-refractivity contribution in [2.24, 2.45) is 15.8 Å². The first-order valence-electron chi connectivity index (χ1n) is 10.8. The van der Waals surface area contributed by atoms with Crippen LogP contribution in [-0.4, -0.2) is 76.8 Å². The quantitative estimate of drug-likeness (QED) is 0.135. The van der Waals surface area contributed by atoms with Crippen molar-refractivity contribution in [2.75, 3.05) is 32.4 Å². The molecular formula is C23H30Cl2N7O2+. The summed E-state index contributed by atoms with van der Waals surface area (Å²) in [5, 5.41) is 7.05. The number of carbonyl (C=O) groups is 2. The summed E-state index contributed by atoms with van der Waals surface area (Å²) in [5.74, 6) is -0.276. The van der Waals surface area contributed by atoms with Gasteiger partial charge in [-0.15, -0.1) is 11.6 Å². The zero-order valence-electron chi connectivity index (χ0n) is 19.7. The van der Waals surface area contributed by atoms with E-state index >= 15 is 0 Å².